The molecule has 0 spiro atoms. The number of likely N-dealkylation sites (N-methyl/N-ethyl adjacent to an activating group) is 1. The van der Waals surface area contributed by atoms with Crippen molar-refractivity contribution in [2.75, 3.05) is 20.1 Å². The molecule has 0 saturated carbocycles. The molecule has 1 aliphatic heterocycles. The van der Waals surface area contributed by atoms with Crippen molar-refractivity contribution in [1.29, 1.82) is 0 Å². The Morgan fingerprint density at radius 3 is 2.59 bits per heavy atom. The molecule has 17 heavy (non-hydrogen) atoms. The Morgan fingerprint density at radius 1 is 1.41 bits per heavy atom. The number of nitrogens with zero attached hydrogens (tertiary/aromatic N) is 1. The summed E-state index contributed by atoms with van der Waals surface area (Å²) in [7, 11) is -1.75. The van der Waals surface area contributed by atoms with E-state index in [9.17, 15) is 8.42 Å². The summed E-state index contributed by atoms with van der Waals surface area (Å²) in [5.41, 5.74) is 0.771. The highest BCUT2D eigenvalue weighted by molar-refractivity contribution is 9.10. The highest BCUT2D eigenvalue weighted by Gasteiger charge is 2.32. The second-order valence-electron chi connectivity index (χ2n) is 4.24. The van der Waals surface area contributed by atoms with Crippen LogP contribution in [0.1, 0.15) is 5.56 Å². The molecule has 0 radical (unpaired) electrons. The number of rotatable bonds is 3. The zero-order valence-electron chi connectivity index (χ0n) is 9.77. The summed E-state index contributed by atoms with van der Waals surface area (Å²) in [6.07, 6.45) is 0. The second-order valence-corrected chi connectivity index (χ2v) is 7.12. The molecule has 0 atom stereocenters. The van der Waals surface area contributed by atoms with Gasteiger partial charge in [-0.25, -0.2) is 8.42 Å². The van der Waals surface area contributed by atoms with E-state index in [4.69, 9.17) is 0 Å². The second kappa shape index (κ2) is 4.68. The minimum atomic E-state index is -3.39. The molecular weight excluding hydrogens is 304 g/mol. The number of benzene rings is 1. The van der Waals surface area contributed by atoms with Gasteiger partial charge in [-0.05, 0) is 24.6 Å². The quantitative estimate of drug-likeness (QED) is 0.915. The highest BCUT2D eigenvalue weighted by atomic mass is 79.9. The first-order valence-corrected chi connectivity index (χ1v) is 7.61. The van der Waals surface area contributed by atoms with Crippen LogP contribution in [0.5, 0.6) is 0 Å². The first kappa shape index (κ1) is 13.0. The largest absolute Gasteiger partial charge is 0.313 e. The van der Waals surface area contributed by atoms with Gasteiger partial charge in [-0.2, -0.15) is 4.31 Å². The van der Waals surface area contributed by atoms with Gasteiger partial charge in [0.2, 0.25) is 10.0 Å². The lowest BCUT2D eigenvalue weighted by Crippen LogP contribution is -2.57. The van der Waals surface area contributed by atoms with Gasteiger partial charge in [0.15, 0.2) is 0 Å². The molecule has 0 aromatic heterocycles. The molecule has 1 aromatic rings. The molecule has 1 aliphatic rings. The van der Waals surface area contributed by atoms with E-state index in [1.165, 1.54) is 4.31 Å². The van der Waals surface area contributed by atoms with E-state index < -0.39 is 10.0 Å². The normalized spacial score (nSPS) is 17.2. The van der Waals surface area contributed by atoms with E-state index in [1.54, 1.807) is 13.1 Å². The van der Waals surface area contributed by atoms with Crippen molar-refractivity contribution in [3.8, 4) is 0 Å². The molecule has 2 rings (SSSR count). The van der Waals surface area contributed by atoms with Gasteiger partial charge < -0.3 is 5.32 Å². The summed E-state index contributed by atoms with van der Waals surface area (Å²) >= 11 is 3.31. The van der Waals surface area contributed by atoms with Gasteiger partial charge >= 0.3 is 0 Å². The third-order valence-corrected chi connectivity index (χ3v) is 5.63. The lowest BCUT2D eigenvalue weighted by Gasteiger charge is -2.35. The van der Waals surface area contributed by atoms with Gasteiger partial charge in [0, 0.05) is 30.7 Å². The zero-order chi connectivity index (χ0) is 12.6. The van der Waals surface area contributed by atoms with Crippen LogP contribution in [0.15, 0.2) is 27.6 Å². The topological polar surface area (TPSA) is 49.4 Å². The fourth-order valence-electron chi connectivity index (χ4n) is 1.73. The van der Waals surface area contributed by atoms with Crippen LogP contribution in [-0.2, 0) is 10.0 Å². The molecule has 1 aromatic carbocycles. The minimum Gasteiger partial charge on any atom is -0.313 e. The van der Waals surface area contributed by atoms with Crippen LogP contribution in [0.4, 0.5) is 0 Å². The van der Waals surface area contributed by atoms with E-state index in [0.29, 0.717) is 4.90 Å². The van der Waals surface area contributed by atoms with Gasteiger partial charge in [0.05, 0.1) is 4.90 Å². The van der Waals surface area contributed by atoms with Crippen molar-refractivity contribution in [3.05, 3.63) is 28.2 Å². The maximum atomic E-state index is 12.4. The molecule has 6 heteroatoms. The van der Waals surface area contributed by atoms with E-state index in [-0.39, 0.29) is 6.04 Å². The summed E-state index contributed by atoms with van der Waals surface area (Å²) in [6, 6.07) is 5.38. The summed E-state index contributed by atoms with van der Waals surface area (Å²) in [5, 5.41) is 3.08. The Balaban J connectivity index is 2.39. The Bertz CT molecular complexity index is 526. The summed E-state index contributed by atoms with van der Waals surface area (Å²) < 4.78 is 27.1. The number of hydrogen-bond donors (Lipinski definition) is 1. The van der Waals surface area contributed by atoms with E-state index in [2.05, 4.69) is 21.2 Å². The fraction of sp³-hybridized carbons (Fsp3) is 0.455. The smallest absolute Gasteiger partial charge is 0.243 e. The summed E-state index contributed by atoms with van der Waals surface area (Å²) in [5.74, 6) is 0. The van der Waals surface area contributed by atoms with Crippen molar-refractivity contribution in [2.24, 2.45) is 0 Å². The van der Waals surface area contributed by atoms with Crippen molar-refractivity contribution >= 4 is 26.0 Å². The predicted octanol–water partition coefficient (Wildman–Crippen LogP) is 1.35. The molecular formula is C11H15BrN2O2S. The molecule has 0 bridgehead atoms. The van der Waals surface area contributed by atoms with Crippen molar-refractivity contribution < 1.29 is 8.42 Å². The number of hydrogen-bond acceptors (Lipinski definition) is 3. The first-order valence-electron chi connectivity index (χ1n) is 5.38. The molecule has 1 fully saturated rings. The van der Waals surface area contributed by atoms with Crippen LogP contribution in [0.3, 0.4) is 0 Å². The minimum absolute atomic E-state index is 0.0679. The molecule has 1 N–H and O–H groups in total. The Labute approximate surface area is 110 Å². The van der Waals surface area contributed by atoms with Crippen LogP contribution in [0.2, 0.25) is 0 Å². The van der Waals surface area contributed by atoms with Gasteiger partial charge in [-0.1, -0.05) is 22.0 Å². The lowest BCUT2D eigenvalue weighted by atomic mass is 10.2. The van der Waals surface area contributed by atoms with Crippen LogP contribution in [0.25, 0.3) is 0 Å². The van der Waals surface area contributed by atoms with Crippen molar-refractivity contribution in [3.63, 3.8) is 0 Å². The summed E-state index contributed by atoms with van der Waals surface area (Å²) in [4.78, 5) is 0.376. The van der Waals surface area contributed by atoms with Crippen LogP contribution >= 0.6 is 15.9 Å². The van der Waals surface area contributed by atoms with Crippen molar-refractivity contribution in [1.82, 2.24) is 9.62 Å². The molecule has 1 heterocycles. The van der Waals surface area contributed by atoms with E-state index >= 15 is 0 Å². The Hall–Kier alpha value is -0.430. The molecule has 1 saturated heterocycles. The number of nitrogens with one attached hydrogen (secondary N) is 1. The third-order valence-electron chi connectivity index (χ3n) is 3.08. The third kappa shape index (κ3) is 2.40. The fourth-order valence-corrected chi connectivity index (χ4v) is 3.85. The molecule has 0 aliphatic carbocycles. The monoisotopic (exact) mass is 318 g/mol. The molecule has 94 valence electrons. The van der Waals surface area contributed by atoms with Crippen LogP contribution in [-0.4, -0.2) is 38.9 Å². The Morgan fingerprint density at radius 2 is 2.06 bits per heavy atom. The molecule has 4 nitrogen and oxygen atoms in total. The first-order chi connectivity index (χ1) is 7.93. The van der Waals surface area contributed by atoms with Crippen LogP contribution in [0, 0.1) is 6.92 Å². The number of sulfonamides is 1. The summed E-state index contributed by atoms with van der Waals surface area (Å²) in [6.45, 7) is 3.26. The number of halogens is 1. The Kier molecular flexibility index (Phi) is 3.58. The lowest BCUT2D eigenvalue weighted by molar-refractivity contribution is 0.274. The molecule has 0 unspecified atom stereocenters. The van der Waals surface area contributed by atoms with Gasteiger partial charge in [0.1, 0.15) is 0 Å². The van der Waals surface area contributed by atoms with Crippen LogP contribution < -0.4 is 5.32 Å². The van der Waals surface area contributed by atoms with Gasteiger partial charge in [0.25, 0.3) is 0 Å². The average molecular weight is 319 g/mol. The van der Waals surface area contributed by atoms with Crippen molar-refractivity contribution in [2.45, 2.75) is 17.9 Å². The SMILES string of the molecule is Cc1ccc(Br)cc1S(=O)(=O)N(C)C1CNC1. The van der Waals surface area contributed by atoms with E-state index in [1.807, 2.05) is 19.1 Å². The zero-order valence-corrected chi connectivity index (χ0v) is 12.2. The highest BCUT2D eigenvalue weighted by Crippen LogP contribution is 2.24. The van der Waals surface area contributed by atoms with Gasteiger partial charge in [-0.15, -0.1) is 0 Å². The van der Waals surface area contributed by atoms with E-state index in [0.717, 1.165) is 23.1 Å². The average Bonchev–Trinajstić information content (AvgIpc) is 2.19. The standard InChI is InChI=1S/C11H15BrN2O2S/c1-8-3-4-9(12)5-11(8)17(15,16)14(2)10-6-13-7-10/h3-5,10,13H,6-7H2,1-2H3. The predicted molar refractivity (Wildman–Crippen MR) is 70.5 cm³/mol. The molecule has 0 amide bonds. The number of aryl methyl sites for hydroxylation is 1. The maximum absolute atomic E-state index is 12.4. The van der Waals surface area contributed by atoms with Gasteiger partial charge in [-0.3, -0.25) is 0 Å². The maximum Gasteiger partial charge on any atom is 0.243 e.